The maximum Gasteiger partial charge on any atom is 0.161 e. The van der Waals surface area contributed by atoms with E-state index in [2.05, 4.69) is 15.5 Å². The first-order chi connectivity index (χ1) is 11.9. The molecule has 132 valence electrons. The van der Waals surface area contributed by atoms with E-state index in [-0.39, 0.29) is 20.9 Å². The Hall–Kier alpha value is -2.22. The molecule has 0 amide bonds. The maximum absolute atomic E-state index is 11.0. The van der Waals surface area contributed by atoms with Crippen LogP contribution in [0.2, 0.25) is 15.2 Å². The molecule has 0 aliphatic carbocycles. The molecule has 2 aromatic rings. The number of aromatic nitrogens is 1. The zero-order valence-electron chi connectivity index (χ0n) is 13.0. The van der Waals surface area contributed by atoms with Gasteiger partial charge in [-0.15, -0.1) is 0 Å². The van der Waals surface area contributed by atoms with Crippen LogP contribution in [0.25, 0.3) is 0 Å². The SMILES string of the molecule is COc1ccc(/C=N\Nc2c(Cl)c(Cl)nc(C(=O)[O-])c2Cl)cc1OC. The van der Waals surface area contributed by atoms with Crippen molar-refractivity contribution in [2.45, 2.75) is 0 Å². The number of anilines is 1. The Morgan fingerprint density at radius 2 is 1.88 bits per heavy atom. The molecular formula is C15H11Cl3N3O4-. The monoisotopic (exact) mass is 402 g/mol. The quantitative estimate of drug-likeness (QED) is 0.453. The Morgan fingerprint density at radius 3 is 2.48 bits per heavy atom. The van der Waals surface area contributed by atoms with Crippen molar-refractivity contribution >= 4 is 52.7 Å². The average molecular weight is 404 g/mol. The highest BCUT2D eigenvalue weighted by Crippen LogP contribution is 2.36. The zero-order chi connectivity index (χ0) is 18.6. The number of aromatic carboxylic acids is 1. The van der Waals surface area contributed by atoms with Crippen molar-refractivity contribution in [3.8, 4) is 11.5 Å². The predicted octanol–water partition coefficient (Wildman–Crippen LogP) is 2.87. The Bertz CT molecular complexity index is 843. The van der Waals surface area contributed by atoms with Crippen molar-refractivity contribution < 1.29 is 19.4 Å². The molecule has 0 spiro atoms. The molecule has 10 heteroatoms. The number of ether oxygens (including phenoxy) is 2. The summed E-state index contributed by atoms with van der Waals surface area (Å²) in [6.07, 6.45) is 1.45. The van der Waals surface area contributed by atoms with Gasteiger partial charge in [-0.25, -0.2) is 4.98 Å². The maximum atomic E-state index is 11.0. The first-order valence-electron chi connectivity index (χ1n) is 6.66. The summed E-state index contributed by atoms with van der Waals surface area (Å²) < 4.78 is 10.3. The number of carbonyl (C=O) groups is 1. The number of benzene rings is 1. The number of carboxylic acid groups (broad SMARTS) is 1. The van der Waals surface area contributed by atoms with Crippen LogP contribution in [-0.2, 0) is 0 Å². The third-order valence-corrected chi connectivity index (χ3v) is 4.14. The molecule has 0 saturated heterocycles. The van der Waals surface area contributed by atoms with Gasteiger partial charge in [-0.1, -0.05) is 34.8 Å². The van der Waals surface area contributed by atoms with Gasteiger partial charge in [0.25, 0.3) is 0 Å². The summed E-state index contributed by atoms with van der Waals surface area (Å²) in [5.41, 5.74) is 2.69. The molecule has 1 aromatic heterocycles. The number of hydrogen-bond acceptors (Lipinski definition) is 7. The highest BCUT2D eigenvalue weighted by Gasteiger charge is 2.17. The number of rotatable bonds is 6. The minimum atomic E-state index is -1.59. The summed E-state index contributed by atoms with van der Waals surface area (Å²) in [4.78, 5) is 14.6. The smallest absolute Gasteiger partial charge is 0.161 e. The van der Waals surface area contributed by atoms with Gasteiger partial charge >= 0.3 is 0 Å². The van der Waals surface area contributed by atoms with E-state index in [0.29, 0.717) is 17.1 Å². The second-order valence-electron chi connectivity index (χ2n) is 4.53. The zero-order valence-corrected chi connectivity index (χ0v) is 15.2. The minimum Gasteiger partial charge on any atom is -0.543 e. The molecule has 25 heavy (non-hydrogen) atoms. The van der Waals surface area contributed by atoms with Crippen LogP contribution in [0.3, 0.4) is 0 Å². The molecule has 0 aliphatic heterocycles. The van der Waals surface area contributed by atoms with Crippen LogP contribution < -0.4 is 20.0 Å². The summed E-state index contributed by atoms with van der Waals surface area (Å²) in [6.45, 7) is 0. The van der Waals surface area contributed by atoms with Crippen LogP contribution in [0.15, 0.2) is 23.3 Å². The fourth-order valence-corrected chi connectivity index (χ4v) is 2.51. The molecule has 0 saturated carbocycles. The van der Waals surface area contributed by atoms with Crippen molar-refractivity contribution in [3.05, 3.63) is 44.7 Å². The molecule has 1 N–H and O–H groups in total. The molecule has 2 rings (SSSR count). The normalized spacial score (nSPS) is 10.8. The first kappa shape index (κ1) is 19.1. The third-order valence-electron chi connectivity index (χ3n) is 3.03. The lowest BCUT2D eigenvalue weighted by molar-refractivity contribution is -0.255. The summed E-state index contributed by atoms with van der Waals surface area (Å²) in [5, 5.41) is 14.4. The van der Waals surface area contributed by atoms with E-state index in [0.717, 1.165) is 0 Å². The number of hydrazone groups is 1. The molecule has 0 radical (unpaired) electrons. The molecule has 0 atom stereocenters. The molecule has 0 bridgehead atoms. The standard InChI is InChI=1S/C15H12Cl3N3O4/c1-24-8-4-3-7(5-9(8)25-2)6-19-21-12-10(16)13(15(22)23)20-14(18)11(12)17/h3-6H,1-2H3,(H,20,21)(H,22,23)/p-1/b19-6-. The summed E-state index contributed by atoms with van der Waals surface area (Å²) in [5.74, 6) is -0.498. The Kier molecular flexibility index (Phi) is 6.30. The Morgan fingerprint density at radius 1 is 1.20 bits per heavy atom. The van der Waals surface area contributed by atoms with Crippen molar-refractivity contribution in [1.29, 1.82) is 0 Å². The highest BCUT2D eigenvalue weighted by atomic mass is 35.5. The van der Waals surface area contributed by atoms with Crippen LogP contribution in [-0.4, -0.2) is 31.4 Å². The predicted molar refractivity (Wildman–Crippen MR) is 94.4 cm³/mol. The number of pyridine rings is 1. The van der Waals surface area contributed by atoms with E-state index in [1.54, 1.807) is 18.2 Å². The highest BCUT2D eigenvalue weighted by molar-refractivity contribution is 6.46. The molecule has 1 aromatic carbocycles. The number of halogens is 3. The number of methoxy groups -OCH3 is 2. The largest absolute Gasteiger partial charge is 0.543 e. The van der Waals surface area contributed by atoms with Gasteiger partial charge in [0, 0.05) is 0 Å². The lowest BCUT2D eigenvalue weighted by atomic mass is 10.2. The fourth-order valence-electron chi connectivity index (χ4n) is 1.85. The second kappa shape index (κ2) is 8.24. The fraction of sp³-hybridized carbons (Fsp3) is 0.133. The minimum absolute atomic E-state index is 0.000685. The van der Waals surface area contributed by atoms with E-state index < -0.39 is 11.7 Å². The van der Waals surface area contributed by atoms with E-state index in [4.69, 9.17) is 44.3 Å². The molecule has 0 aliphatic rings. The van der Waals surface area contributed by atoms with Gasteiger partial charge in [0.2, 0.25) is 0 Å². The van der Waals surface area contributed by atoms with Gasteiger partial charge in [-0.3, -0.25) is 5.43 Å². The number of hydrogen-bond donors (Lipinski definition) is 1. The molecule has 7 nitrogen and oxygen atoms in total. The topological polar surface area (TPSA) is 95.9 Å². The molecule has 0 fully saturated rings. The summed E-state index contributed by atoms with van der Waals surface area (Å²) in [6, 6.07) is 5.14. The Balaban J connectivity index is 2.30. The molecule has 1 heterocycles. The van der Waals surface area contributed by atoms with E-state index in [9.17, 15) is 9.90 Å². The number of carboxylic acids is 1. The van der Waals surface area contributed by atoms with E-state index >= 15 is 0 Å². The van der Waals surface area contributed by atoms with Gasteiger partial charge in [0.1, 0.15) is 10.7 Å². The van der Waals surface area contributed by atoms with Gasteiger partial charge < -0.3 is 19.4 Å². The van der Waals surface area contributed by atoms with Crippen molar-refractivity contribution in [2.24, 2.45) is 5.10 Å². The third kappa shape index (κ3) is 4.25. The molecular weight excluding hydrogens is 393 g/mol. The summed E-state index contributed by atoms with van der Waals surface area (Å²) in [7, 11) is 3.04. The van der Waals surface area contributed by atoms with Gasteiger partial charge in [0.05, 0.1) is 37.1 Å². The van der Waals surface area contributed by atoms with Gasteiger partial charge in [0.15, 0.2) is 16.7 Å². The summed E-state index contributed by atoms with van der Waals surface area (Å²) >= 11 is 17.7. The van der Waals surface area contributed by atoms with Crippen molar-refractivity contribution in [3.63, 3.8) is 0 Å². The van der Waals surface area contributed by atoms with Crippen LogP contribution in [0.5, 0.6) is 11.5 Å². The van der Waals surface area contributed by atoms with Crippen LogP contribution in [0.4, 0.5) is 5.69 Å². The van der Waals surface area contributed by atoms with Crippen LogP contribution in [0.1, 0.15) is 16.1 Å². The van der Waals surface area contributed by atoms with Gasteiger partial charge in [-0.2, -0.15) is 5.10 Å². The first-order valence-corrected chi connectivity index (χ1v) is 7.79. The average Bonchev–Trinajstić information content (AvgIpc) is 2.60. The van der Waals surface area contributed by atoms with Gasteiger partial charge in [-0.05, 0) is 23.8 Å². The van der Waals surface area contributed by atoms with Crippen LogP contribution in [0, 0.1) is 0 Å². The lowest BCUT2D eigenvalue weighted by Gasteiger charge is -2.12. The van der Waals surface area contributed by atoms with Crippen LogP contribution >= 0.6 is 34.8 Å². The number of nitrogens with one attached hydrogen (secondary N) is 1. The number of carbonyl (C=O) groups excluding carboxylic acids is 1. The van der Waals surface area contributed by atoms with Crippen molar-refractivity contribution in [1.82, 2.24) is 4.98 Å². The van der Waals surface area contributed by atoms with Crippen molar-refractivity contribution in [2.75, 3.05) is 19.6 Å². The number of nitrogens with zero attached hydrogens (tertiary/aromatic N) is 2. The van der Waals surface area contributed by atoms with E-state index in [1.165, 1.54) is 20.4 Å². The lowest BCUT2D eigenvalue weighted by Crippen LogP contribution is -2.24. The Labute approximate surface area is 158 Å². The molecule has 0 unspecified atom stereocenters. The second-order valence-corrected chi connectivity index (χ2v) is 5.64. The van der Waals surface area contributed by atoms with E-state index in [1.807, 2.05) is 0 Å².